The lowest BCUT2D eigenvalue weighted by molar-refractivity contribution is 0.111. The first kappa shape index (κ1) is 13.5. The number of carbonyl (C=O) groups excluding carboxylic acids is 1. The van der Waals surface area contributed by atoms with Gasteiger partial charge in [0.1, 0.15) is 0 Å². The molecule has 92 valence electrons. The first-order valence-electron chi connectivity index (χ1n) is 5.83. The third-order valence-electron chi connectivity index (χ3n) is 2.79. The standard InChI is InChI=1S/C14H20N2O/c1-4-5-11(2)12(6-8-15-3)13-7-9-16-14(13)10-17/h4,6-7,9-11,15-16H,1,5,8H2,2-3H3/b12-6-. The van der Waals surface area contributed by atoms with Gasteiger partial charge in [0.2, 0.25) is 0 Å². The molecule has 1 rings (SSSR count). The molecule has 3 heteroatoms. The Hall–Kier alpha value is -1.61. The van der Waals surface area contributed by atoms with Crippen molar-refractivity contribution in [3.05, 3.63) is 42.3 Å². The molecule has 0 fully saturated rings. The highest BCUT2D eigenvalue weighted by Crippen LogP contribution is 2.27. The van der Waals surface area contributed by atoms with E-state index in [2.05, 4.69) is 29.9 Å². The maximum Gasteiger partial charge on any atom is 0.166 e. The topological polar surface area (TPSA) is 44.9 Å². The third kappa shape index (κ3) is 3.43. The van der Waals surface area contributed by atoms with Crippen LogP contribution in [0.25, 0.3) is 5.57 Å². The van der Waals surface area contributed by atoms with Crippen molar-refractivity contribution in [1.29, 1.82) is 0 Å². The monoisotopic (exact) mass is 232 g/mol. The number of hydrogen-bond donors (Lipinski definition) is 2. The van der Waals surface area contributed by atoms with E-state index in [0.29, 0.717) is 11.6 Å². The van der Waals surface area contributed by atoms with Crippen LogP contribution in [-0.2, 0) is 0 Å². The number of carbonyl (C=O) groups is 1. The number of aromatic amines is 1. The van der Waals surface area contributed by atoms with Crippen molar-refractivity contribution in [2.24, 2.45) is 5.92 Å². The van der Waals surface area contributed by atoms with Gasteiger partial charge in [-0.1, -0.05) is 19.1 Å². The van der Waals surface area contributed by atoms with E-state index in [1.807, 2.05) is 19.2 Å². The van der Waals surface area contributed by atoms with Crippen molar-refractivity contribution < 1.29 is 4.79 Å². The highest BCUT2D eigenvalue weighted by molar-refractivity contribution is 5.84. The van der Waals surface area contributed by atoms with Crippen LogP contribution in [0.15, 0.2) is 31.0 Å². The van der Waals surface area contributed by atoms with Crippen LogP contribution in [0.5, 0.6) is 0 Å². The summed E-state index contributed by atoms with van der Waals surface area (Å²) in [6.07, 6.45) is 7.60. The molecule has 17 heavy (non-hydrogen) atoms. The summed E-state index contributed by atoms with van der Waals surface area (Å²) in [6, 6.07) is 1.95. The maximum atomic E-state index is 11.0. The van der Waals surface area contributed by atoms with Crippen LogP contribution in [0.4, 0.5) is 0 Å². The summed E-state index contributed by atoms with van der Waals surface area (Å²) in [5.74, 6) is 0.357. The molecule has 0 saturated carbocycles. The van der Waals surface area contributed by atoms with E-state index in [9.17, 15) is 4.79 Å². The molecule has 1 heterocycles. The zero-order valence-corrected chi connectivity index (χ0v) is 10.5. The lowest BCUT2D eigenvalue weighted by Gasteiger charge is -2.14. The zero-order valence-electron chi connectivity index (χ0n) is 10.5. The average molecular weight is 232 g/mol. The summed E-state index contributed by atoms with van der Waals surface area (Å²) in [6.45, 7) is 6.70. The highest BCUT2D eigenvalue weighted by Gasteiger charge is 2.13. The Labute approximate surface area is 103 Å². The predicted molar refractivity (Wildman–Crippen MR) is 72.1 cm³/mol. The van der Waals surface area contributed by atoms with Gasteiger partial charge in [-0.3, -0.25) is 4.79 Å². The first-order chi connectivity index (χ1) is 8.24. The second kappa shape index (κ2) is 6.86. The Bertz CT molecular complexity index is 404. The SMILES string of the molecule is C=CCC(C)/C(=C/CNC)c1cc[nH]c1C=O. The molecule has 1 unspecified atom stereocenters. The molecule has 0 spiro atoms. The van der Waals surface area contributed by atoms with Gasteiger partial charge in [0, 0.05) is 18.3 Å². The molecule has 0 aromatic carbocycles. The summed E-state index contributed by atoms with van der Waals surface area (Å²) in [5.41, 5.74) is 2.82. The maximum absolute atomic E-state index is 11.0. The van der Waals surface area contributed by atoms with Crippen LogP contribution in [0.1, 0.15) is 29.4 Å². The number of hydrogen-bond acceptors (Lipinski definition) is 2. The van der Waals surface area contributed by atoms with E-state index in [1.165, 1.54) is 5.57 Å². The van der Waals surface area contributed by atoms with Crippen molar-refractivity contribution in [2.45, 2.75) is 13.3 Å². The van der Waals surface area contributed by atoms with Crippen molar-refractivity contribution in [3.63, 3.8) is 0 Å². The van der Waals surface area contributed by atoms with Crippen LogP contribution in [0.3, 0.4) is 0 Å². The Kier molecular flexibility index (Phi) is 5.43. The van der Waals surface area contributed by atoms with Gasteiger partial charge in [0.05, 0.1) is 5.69 Å². The van der Waals surface area contributed by atoms with Crippen LogP contribution in [0, 0.1) is 5.92 Å². The van der Waals surface area contributed by atoms with E-state index in [4.69, 9.17) is 0 Å². The fraction of sp³-hybridized carbons (Fsp3) is 0.357. The van der Waals surface area contributed by atoms with Crippen LogP contribution >= 0.6 is 0 Å². The average Bonchev–Trinajstić information content (AvgIpc) is 2.78. The number of likely N-dealkylation sites (N-methyl/N-ethyl adjacent to an activating group) is 1. The smallest absolute Gasteiger partial charge is 0.166 e. The van der Waals surface area contributed by atoms with E-state index in [0.717, 1.165) is 24.8 Å². The molecule has 0 bridgehead atoms. The summed E-state index contributed by atoms with van der Waals surface area (Å²) < 4.78 is 0. The number of H-pyrrole nitrogens is 1. The van der Waals surface area contributed by atoms with Crippen molar-refractivity contribution in [1.82, 2.24) is 10.3 Å². The molecule has 0 saturated heterocycles. The Morgan fingerprint density at radius 1 is 1.65 bits per heavy atom. The van der Waals surface area contributed by atoms with Gasteiger partial charge in [-0.05, 0) is 31.0 Å². The minimum atomic E-state index is 0.357. The lowest BCUT2D eigenvalue weighted by atomic mass is 9.91. The number of aromatic nitrogens is 1. The second-order valence-corrected chi connectivity index (χ2v) is 4.07. The van der Waals surface area contributed by atoms with Gasteiger partial charge in [0.15, 0.2) is 6.29 Å². The van der Waals surface area contributed by atoms with Crippen LogP contribution < -0.4 is 5.32 Å². The van der Waals surface area contributed by atoms with Gasteiger partial charge >= 0.3 is 0 Å². The zero-order chi connectivity index (χ0) is 12.7. The molecule has 0 amide bonds. The summed E-state index contributed by atoms with van der Waals surface area (Å²) >= 11 is 0. The molecule has 1 aromatic heterocycles. The van der Waals surface area contributed by atoms with Gasteiger partial charge in [-0.15, -0.1) is 6.58 Å². The van der Waals surface area contributed by atoms with Crippen LogP contribution in [-0.4, -0.2) is 24.9 Å². The number of nitrogens with one attached hydrogen (secondary N) is 2. The lowest BCUT2D eigenvalue weighted by Crippen LogP contribution is -2.08. The fourth-order valence-corrected chi connectivity index (χ4v) is 1.90. The number of rotatable bonds is 7. The third-order valence-corrected chi connectivity index (χ3v) is 2.79. The normalized spacial score (nSPS) is 13.4. The molecule has 0 aliphatic rings. The van der Waals surface area contributed by atoms with E-state index in [-0.39, 0.29) is 0 Å². The molecule has 0 aliphatic carbocycles. The van der Waals surface area contributed by atoms with Gasteiger partial charge < -0.3 is 10.3 Å². The molecule has 0 aliphatic heterocycles. The summed E-state index contributed by atoms with van der Waals surface area (Å²) in [7, 11) is 1.91. The minimum Gasteiger partial charge on any atom is -0.359 e. The minimum absolute atomic E-state index is 0.357. The second-order valence-electron chi connectivity index (χ2n) is 4.07. The van der Waals surface area contributed by atoms with E-state index >= 15 is 0 Å². The Morgan fingerprint density at radius 2 is 2.41 bits per heavy atom. The van der Waals surface area contributed by atoms with Crippen molar-refractivity contribution >= 4 is 11.9 Å². The molecule has 3 nitrogen and oxygen atoms in total. The fourth-order valence-electron chi connectivity index (χ4n) is 1.90. The Balaban J connectivity index is 3.05. The summed E-state index contributed by atoms with van der Waals surface area (Å²) in [5, 5.41) is 3.09. The Morgan fingerprint density at radius 3 is 3.00 bits per heavy atom. The molecule has 2 N–H and O–H groups in total. The van der Waals surface area contributed by atoms with Crippen molar-refractivity contribution in [2.75, 3.05) is 13.6 Å². The van der Waals surface area contributed by atoms with Crippen LogP contribution in [0.2, 0.25) is 0 Å². The first-order valence-corrected chi connectivity index (χ1v) is 5.83. The number of aldehydes is 1. The molecule has 1 aromatic rings. The van der Waals surface area contributed by atoms with E-state index < -0.39 is 0 Å². The van der Waals surface area contributed by atoms with Crippen molar-refractivity contribution in [3.8, 4) is 0 Å². The quantitative estimate of drug-likeness (QED) is 0.560. The highest BCUT2D eigenvalue weighted by atomic mass is 16.1. The molecular weight excluding hydrogens is 212 g/mol. The van der Waals surface area contributed by atoms with Gasteiger partial charge in [0.25, 0.3) is 0 Å². The predicted octanol–water partition coefficient (Wildman–Crippen LogP) is 2.64. The number of allylic oxidation sites excluding steroid dienone is 2. The van der Waals surface area contributed by atoms with Gasteiger partial charge in [-0.2, -0.15) is 0 Å². The van der Waals surface area contributed by atoms with E-state index in [1.54, 1.807) is 6.20 Å². The largest absolute Gasteiger partial charge is 0.359 e. The summed E-state index contributed by atoms with van der Waals surface area (Å²) in [4.78, 5) is 13.9. The molecule has 0 radical (unpaired) electrons. The molecule has 1 atom stereocenters. The van der Waals surface area contributed by atoms with Gasteiger partial charge in [-0.25, -0.2) is 0 Å². The molecular formula is C14H20N2O.